The normalized spacial score (nSPS) is 11.3. The molecule has 0 aliphatic rings. The second kappa shape index (κ2) is 7.02. The van der Waals surface area contributed by atoms with Gasteiger partial charge < -0.3 is 4.74 Å². The van der Waals surface area contributed by atoms with Gasteiger partial charge in [-0.05, 0) is 24.3 Å². The van der Waals surface area contributed by atoms with Crippen LogP contribution in [0.15, 0.2) is 54.2 Å². The van der Waals surface area contributed by atoms with Crippen molar-refractivity contribution in [1.29, 1.82) is 0 Å². The highest BCUT2D eigenvalue weighted by Crippen LogP contribution is 2.36. The number of esters is 1. The number of thiazole rings is 1. The van der Waals surface area contributed by atoms with E-state index in [1.165, 1.54) is 23.5 Å². The predicted molar refractivity (Wildman–Crippen MR) is 86.1 cm³/mol. The highest BCUT2D eigenvalue weighted by Gasteiger charge is 2.34. The Morgan fingerprint density at radius 2 is 1.96 bits per heavy atom. The maximum absolute atomic E-state index is 12.9. The minimum Gasteiger partial charge on any atom is -0.426 e. The third-order valence-electron chi connectivity index (χ3n) is 3.20. The summed E-state index contributed by atoms with van der Waals surface area (Å²) in [6, 6.07) is 8.18. The largest absolute Gasteiger partial charge is 0.426 e. The van der Waals surface area contributed by atoms with Gasteiger partial charge in [0.15, 0.2) is 0 Å². The summed E-state index contributed by atoms with van der Waals surface area (Å²) in [7, 11) is 0. The lowest BCUT2D eigenvalue weighted by Gasteiger charge is -2.12. The average molecular weight is 364 g/mol. The van der Waals surface area contributed by atoms with Crippen molar-refractivity contribution in [2.24, 2.45) is 0 Å². The van der Waals surface area contributed by atoms with Gasteiger partial charge in [0.1, 0.15) is 10.8 Å². The van der Waals surface area contributed by atoms with Crippen LogP contribution in [0.1, 0.15) is 11.3 Å². The topological polar surface area (TPSA) is 52.1 Å². The zero-order valence-electron chi connectivity index (χ0n) is 12.7. The van der Waals surface area contributed by atoms with Crippen molar-refractivity contribution >= 4 is 17.3 Å². The summed E-state index contributed by atoms with van der Waals surface area (Å²) in [5, 5.41) is 2.34. The molecule has 0 bridgehead atoms. The third kappa shape index (κ3) is 4.21. The molecular formula is C17H11F3N2O2S. The molecule has 0 N–H and O–H groups in total. The van der Waals surface area contributed by atoms with E-state index in [2.05, 4.69) is 9.97 Å². The van der Waals surface area contributed by atoms with Gasteiger partial charge in [0.2, 0.25) is 0 Å². The molecule has 0 fully saturated rings. The molecule has 0 spiro atoms. The van der Waals surface area contributed by atoms with Crippen molar-refractivity contribution in [3.63, 3.8) is 0 Å². The molecule has 0 unspecified atom stereocenters. The number of benzene rings is 1. The first-order valence-corrected chi connectivity index (χ1v) is 8.03. The molecule has 2 aromatic heterocycles. The minimum atomic E-state index is -4.59. The Hall–Kier alpha value is -2.74. The molecular weight excluding hydrogens is 353 g/mol. The van der Waals surface area contributed by atoms with Gasteiger partial charge in [-0.15, -0.1) is 11.3 Å². The van der Waals surface area contributed by atoms with E-state index >= 15 is 0 Å². The van der Waals surface area contributed by atoms with Gasteiger partial charge in [0.05, 0.1) is 17.7 Å². The molecule has 8 heteroatoms. The Morgan fingerprint density at radius 3 is 2.68 bits per heavy atom. The highest BCUT2D eigenvalue weighted by molar-refractivity contribution is 7.13. The Bertz CT molecular complexity index is 879. The molecule has 3 rings (SSSR count). The fourth-order valence-corrected chi connectivity index (χ4v) is 2.92. The average Bonchev–Trinajstić information content (AvgIpc) is 3.03. The zero-order chi connectivity index (χ0) is 17.9. The third-order valence-corrected chi connectivity index (χ3v) is 4.14. The number of para-hydroxylation sites is 1. The molecule has 3 aromatic rings. The lowest BCUT2D eigenvalue weighted by molar-refractivity contribution is -0.142. The van der Waals surface area contributed by atoms with Gasteiger partial charge in [-0.1, -0.05) is 12.1 Å². The van der Waals surface area contributed by atoms with Crippen LogP contribution in [0.5, 0.6) is 5.75 Å². The number of halogens is 3. The van der Waals surface area contributed by atoms with E-state index in [1.54, 1.807) is 23.8 Å². The zero-order valence-corrected chi connectivity index (χ0v) is 13.5. The van der Waals surface area contributed by atoms with Crippen molar-refractivity contribution in [2.45, 2.75) is 12.6 Å². The van der Waals surface area contributed by atoms with Crippen LogP contribution in [0.4, 0.5) is 13.2 Å². The molecule has 0 atom stereocenters. The maximum atomic E-state index is 12.9. The number of aromatic nitrogens is 2. The summed E-state index contributed by atoms with van der Waals surface area (Å²) in [6.45, 7) is 0. The second-order valence-corrected chi connectivity index (χ2v) is 5.89. The predicted octanol–water partition coefficient (Wildman–Crippen LogP) is 4.37. The first kappa shape index (κ1) is 17.1. The lowest BCUT2D eigenvalue weighted by Crippen LogP contribution is -2.15. The van der Waals surface area contributed by atoms with E-state index in [0.717, 1.165) is 17.7 Å². The van der Waals surface area contributed by atoms with Crippen molar-refractivity contribution in [3.8, 4) is 16.3 Å². The number of rotatable bonds is 4. The number of ether oxygens (including phenoxy) is 1. The maximum Gasteiger partial charge on any atom is 0.419 e. The van der Waals surface area contributed by atoms with Gasteiger partial charge in [-0.2, -0.15) is 13.2 Å². The molecule has 4 nitrogen and oxygen atoms in total. The van der Waals surface area contributed by atoms with Crippen LogP contribution in [-0.2, 0) is 17.4 Å². The van der Waals surface area contributed by atoms with Crippen LogP contribution in [0, 0.1) is 0 Å². The monoisotopic (exact) mass is 364 g/mol. The first-order chi connectivity index (χ1) is 11.9. The number of carbonyl (C=O) groups excluding carboxylic acids is 1. The molecule has 0 saturated carbocycles. The van der Waals surface area contributed by atoms with E-state index in [4.69, 9.17) is 4.74 Å². The van der Waals surface area contributed by atoms with Crippen LogP contribution in [-0.4, -0.2) is 15.9 Å². The van der Waals surface area contributed by atoms with Crippen LogP contribution in [0.3, 0.4) is 0 Å². The van der Waals surface area contributed by atoms with E-state index in [1.807, 2.05) is 6.07 Å². The number of nitrogens with zero attached hydrogens (tertiary/aromatic N) is 2. The van der Waals surface area contributed by atoms with Gasteiger partial charge in [0.25, 0.3) is 0 Å². The Balaban J connectivity index is 1.71. The van der Waals surface area contributed by atoms with Gasteiger partial charge in [-0.3, -0.25) is 9.78 Å². The molecule has 0 amide bonds. The number of carbonyl (C=O) groups is 1. The second-order valence-electron chi connectivity index (χ2n) is 5.03. The first-order valence-electron chi connectivity index (χ1n) is 7.15. The summed E-state index contributed by atoms with van der Waals surface area (Å²) in [6.07, 6.45) is -1.54. The van der Waals surface area contributed by atoms with E-state index < -0.39 is 23.5 Å². The number of hydrogen-bond donors (Lipinski definition) is 0. The molecule has 0 saturated heterocycles. The fourth-order valence-electron chi connectivity index (χ4n) is 2.11. The Kier molecular flexibility index (Phi) is 4.80. The number of hydrogen-bond acceptors (Lipinski definition) is 5. The van der Waals surface area contributed by atoms with Gasteiger partial charge in [-0.25, -0.2) is 4.98 Å². The van der Waals surface area contributed by atoms with Crippen LogP contribution in [0.25, 0.3) is 10.6 Å². The quantitative estimate of drug-likeness (QED) is 0.509. The number of alkyl halides is 3. The van der Waals surface area contributed by atoms with Gasteiger partial charge in [0, 0.05) is 23.3 Å². The lowest BCUT2D eigenvalue weighted by atomic mass is 10.2. The van der Waals surface area contributed by atoms with Crippen molar-refractivity contribution in [2.75, 3.05) is 0 Å². The SMILES string of the molecule is O=C(Cc1csc(-c2cccnc2)n1)Oc1ccccc1C(F)(F)F. The Morgan fingerprint density at radius 1 is 1.16 bits per heavy atom. The van der Waals surface area contributed by atoms with E-state index in [-0.39, 0.29) is 6.42 Å². The molecule has 2 heterocycles. The fraction of sp³-hybridized carbons (Fsp3) is 0.118. The van der Waals surface area contributed by atoms with Crippen molar-refractivity contribution in [3.05, 3.63) is 65.4 Å². The highest BCUT2D eigenvalue weighted by atomic mass is 32.1. The molecule has 25 heavy (non-hydrogen) atoms. The molecule has 0 aliphatic carbocycles. The van der Waals surface area contributed by atoms with Crippen molar-refractivity contribution < 1.29 is 22.7 Å². The van der Waals surface area contributed by atoms with Gasteiger partial charge >= 0.3 is 12.1 Å². The summed E-state index contributed by atoms with van der Waals surface area (Å²) in [5.41, 5.74) is 0.241. The van der Waals surface area contributed by atoms with Crippen LogP contribution in [0.2, 0.25) is 0 Å². The summed E-state index contributed by atoms with van der Waals surface area (Å²) >= 11 is 1.32. The smallest absolute Gasteiger partial charge is 0.419 e. The molecule has 1 aromatic carbocycles. The molecule has 128 valence electrons. The van der Waals surface area contributed by atoms with Crippen LogP contribution >= 0.6 is 11.3 Å². The van der Waals surface area contributed by atoms with Crippen molar-refractivity contribution in [1.82, 2.24) is 9.97 Å². The standard InChI is InChI=1S/C17H11F3N2O2S/c18-17(19,20)13-5-1-2-6-14(13)24-15(23)8-12-10-25-16(22-12)11-4-3-7-21-9-11/h1-7,9-10H,8H2. The molecule has 0 aliphatic heterocycles. The minimum absolute atomic E-state index is 0.219. The summed E-state index contributed by atoms with van der Waals surface area (Å²) in [4.78, 5) is 20.2. The summed E-state index contributed by atoms with van der Waals surface area (Å²) in [5.74, 6) is -1.32. The Labute approximate surface area is 144 Å². The van der Waals surface area contributed by atoms with E-state index in [0.29, 0.717) is 10.7 Å². The molecule has 0 radical (unpaired) electrons. The summed E-state index contributed by atoms with van der Waals surface area (Å²) < 4.78 is 43.6. The number of pyridine rings is 1. The van der Waals surface area contributed by atoms with Crippen LogP contribution < -0.4 is 4.74 Å². The van der Waals surface area contributed by atoms with E-state index in [9.17, 15) is 18.0 Å².